The Morgan fingerprint density at radius 1 is 0.244 bits per heavy atom. The second-order valence-corrected chi connectivity index (χ2v) is 23.2. The molecule has 0 N–H and O–H groups in total. The predicted molar refractivity (Wildman–Crippen MR) is 378 cm³/mol. The third-order valence-corrected chi connectivity index (χ3v) is 16.8. The molecule has 12 heteroatoms. The second kappa shape index (κ2) is 25.7. The molecule has 0 bridgehead atoms. The average molecular weight is 1280 g/mol. The van der Waals surface area contributed by atoms with Gasteiger partial charge in [-0.1, -0.05) is 281 Å². The van der Waals surface area contributed by atoms with Crippen LogP contribution in [0.3, 0.4) is 0 Å². The van der Waals surface area contributed by atoms with Gasteiger partial charge in [-0.05, 0) is 98.0 Å². The quantitative estimate of drug-likeness (QED) is 0.124. The number of fused-ring (bicyclic) bond motifs is 11. The van der Waals surface area contributed by atoms with E-state index in [1.54, 1.807) is 0 Å². The summed E-state index contributed by atoms with van der Waals surface area (Å²) in [6, 6.07) is 95.6. The molecule has 4 heterocycles. The minimum absolute atomic E-state index is 0.480. The van der Waals surface area contributed by atoms with Crippen LogP contribution in [0.4, 0.5) is 0 Å². The number of benzene rings is 13. The lowest BCUT2D eigenvalue weighted by Gasteiger charge is -2.12. The zero-order valence-corrected chi connectivity index (χ0v) is 51.7. The SMILES string of the molecule is Brc1ccc2nc(-c3ccccc3)ncc2c1.Clc1nc(-c2cc3ccccc3c3ccccc23)nc2c1ccc1ccccc12.Clc1nc(-c2cccc(-c3ccccc3)c2)nc2ccccc12.Clc1nc(-c2ccccc2)nc2c1ccc1ccccc12. The highest BCUT2D eigenvalue weighted by atomic mass is 79.9. The van der Waals surface area contributed by atoms with Crippen LogP contribution >= 0.6 is 50.7 Å². The van der Waals surface area contributed by atoms with E-state index in [-0.39, 0.29) is 0 Å². The summed E-state index contributed by atoms with van der Waals surface area (Å²) in [4.78, 5) is 36.9. The first-order valence-electron chi connectivity index (χ1n) is 29.0. The summed E-state index contributed by atoms with van der Waals surface area (Å²) >= 11 is 22.8. The summed E-state index contributed by atoms with van der Waals surface area (Å²) in [5.41, 5.74) is 9.86. The molecule has 0 spiro atoms. The largest absolute Gasteiger partial charge is 0.236 e. The van der Waals surface area contributed by atoms with Crippen molar-refractivity contribution in [3.8, 4) is 56.7 Å². The number of nitrogens with zero attached hydrogens (tertiary/aromatic N) is 8. The fourth-order valence-corrected chi connectivity index (χ4v) is 12.2. The number of hydrogen-bond donors (Lipinski definition) is 0. The monoisotopic (exact) mass is 1280 g/mol. The average Bonchev–Trinajstić information content (AvgIpc) is 1.05. The Morgan fingerprint density at radius 2 is 0.700 bits per heavy atom. The summed E-state index contributed by atoms with van der Waals surface area (Å²) in [6.07, 6.45) is 1.86. The first kappa shape index (κ1) is 57.4. The predicted octanol–water partition coefficient (Wildman–Crippen LogP) is 22.2. The minimum atomic E-state index is 0.480. The Bertz CT molecular complexity index is 5510. The highest BCUT2D eigenvalue weighted by Gasteiger charge is 2.16. The number of hydrogen-bond acceptors (Lipinski definition) is 8. The second-order valence-electron chi connectivity index (χ2n) is 21.2. The van der Waals surface area contributed by atoms with Crippen molar-refractivity contribution in [2.24, 2.45) is 0 Å². The molecular weight excluding hydrogens is 1240 g/mol. The van der Waals surface area contributed by atoms with Crippen molar-refractivity contribution < 1.29 is 0 Å². The molecule has 0 aliphatic carbocycles. The number of rotatable bonds is 5. The molecule has 0 amide bonds. The van der Waals surface area contributed by atoms with Crippen molar-refractivity contribution >= 4 is 137 Å². The van der Waals surface area contributed by atoms with Gasteiger partial charge in [-0.25, -0.2) is 39.9 Å². The van der Waals surface area contributed by atoms with Crippen molar-refractivity contribution in [1.82, 2.24) is 39.9 Å². The van der Waals surface area contributed by atoms with E-state index >= 15 is 0 Å². The highest BCUT2D eigenvalue weighted by molar-refractivity contribution is 9.10. The van der Waals surface area contributed by atoms with Gasteiger partial charge in [0.15, 0.2) is 23.3 Å². The molecular formula is C78H48BrCl3N8. The Balaban J connectivity index is 0.000000107. The van der Waals surface area contributed by atoms with Crippen LogP contribution in [-0.2, 0) is 0 Å². The Kier molecular flexibility index (Phi) is 16.4. The molecule has 8 nitrogen and oxygen atoms in total. The highest BCUT2D eigenvalue weighted by Crippen LogP contribution is 2.37. The van der Waals surface area contributed by atoms with Gasteiger partial charge in [-0.3, -0.25) is 0 Å². The third-order valence-electron chi connectivity index (χ3n) is 15.5. The lowest BCUT2D eigenvalue weighted by molar-refractivity contribution is 1.23. The van der Waals surface area contributed by atoms with E-state index in [1.165, 1.54) is 21.7 Å². The molecule has 17 aromatic rings. The third kappa shape index (κ3) is 12.0. The lowest BCUT2D eigenvalue weighted by atomic mass is 9.96. The molecule has 0 saturated heterocycles. The van der Waals surface area contributed by atoms with Crippen LogP contribution in [0.2, 0.25) is 15.5 Å². The van der Waals surface area contributed by atoms with E-state index in [4.69, 9.17) is 44.8 Å². The van der Waals surface area contributed by atoms with E-state index in [0.29, 0.717) is 32.9 Å². The van der Waals surface area contributed by atoms with Crippen LogP contribution in [0.25, 0.3) is 143 Å². The molecule has 428 valence electrons. The maximum atomic E-state index is 6.63. The summed E-state index contributed by atoms with van der Waals surface area (Å²) in [7, 11) is 0. The van der Waals surface area contributed by atoms with Gasteiger partial charge >= 0.3 is 0 Å². The molecule has 0 aliphatic rings. The van der Waals surface area contributed by atoms with E-state index in [2.05, 4.69) is 161 Å². The number of para-hydroxylation sites is 1. The van der Waals surface area contributed by atoms with E-state index < -0.39 is 0 Å². The first-order valence-corrected chi connectivity index (χ1v) is 30.9. The summed E-state index contributed by atoms with van der Waals surface area (Å²) < 4.78 is 1.04. The molecule has 0 unspecified atom stereocenters. The van der Waals surface area contributed by atoms with Gasteiger partial charge in [-0.2, -0.15) is 0 Å². The van der Waals surface area contributed by atoms with Crippen LogP contribution < -0.4 is 0 Å². The fraction of sp³-hybridized carbons (Fsp3) is 0. The van der Waals surface area contributed by atoms with Gasteiger partial charge in [0.2, 0.25) is 0 Å². The van der Waals surface area contributed by atoms with Gasteiger partial charge in [-0.15, -0.1) is 0 Å². The lowest BCUT2D eigenvalue weighted by Crippen LogP contribution is -1.94. The molecule has 0 radical (unpaired) electrons. The molecule has 0 saturated carbocycles. The van der Waals surface area contributed by atoms with Crippen molar-refractivity contribution in [3.63, 3.8) is 0 Å². The van der Waals surface area contributed by atoms with Crippen molar-refractivity contribution in [3.05, 3.63) is 311 Å². The number of halogens is 4. The van der Waals surface area contributed by atoms with Crippen molar-refractivity contribution in [1.29, 1.82) is 0 Å². The zero-order chi connectivity index (χ0) is 60.9. The van der Waals surface area contributed by atoms with Crippen molar-refractivity contribution in [2.75, 3.05) is 0 Å². The summed E-state index contributed by atoms with van der Waals surface area (Å²) in [5, 5.41) is 14.3. The fourth-order valence-electron chi connectivity index (χ4n) is 11.1. The van der Waals surface area contributed by atoms with Crippen LogP contribution in [-0.4, -0.2) is 39.9 Å². The van der Waals surface area contributed by atoms with Gasteiger partial charge in [0.05, 0.1) is 22.1 Å². The molecule has 0 fully saturated rings. The maximum Gasteiger partial charge on any atom is 0.162 e. The zero-order valence-electron chi connectivity index (χ0n) is 47.8. The molecule has 90 heavy (non-hydrogen) atoms. The summed E-state index contributed by atoms with van der Waals surface area (Å²) in [6.45, 7) is 0. The van der Waals surface area contributed by atoms with E-state index in [9.17, 15) is 0 Å². The van der Waals surface area contributed by atoms with Gasteiger partial charge in [0, 0.05) is 65.2 Å². The maximum absolute atomic E-state index is 6.63. The smallest absolute Gasteiger partial charge is 0.162 e. The Hall–Kier alpha value is -10.4. The van der Waals surface area contributed by atoms with Gasteiger partial charge in [0.25, 0.3) is 0 Å². The van der Waals surface area contributed by atoms with Crippen LogP contribution in [0.15, 0.2) is 296 Å². The van der Waals surface area contributed by atoms with Crippen LogP contribution in [0, 0.1) is 0 Å². The van der Waals surface area contributed by atoms with Gasteiger partial charge in [0.1, 0.15) is 15.5 Å². The molecule has 0 atom stereocenters. The molecule has 13 aromatic carbocycles. The Labute approximate surface area is 541 Å². The molecule has 4 aromatic heterocycles. The van der Waals surface area contributed by atoms with E-state index in [1.807, 2.05) is 176 Å². The molecule has 0 aliphatic heterocycles. The molecule has 17 rings (SSSR count). The standard InChI is InChI=1S/C26H15ClN2.C20H13ClN2.C18H11ClN2.C14H9BrN2/c27-25-22-14-13-16-7-1-4-10-19(16)24(22)28-26(29-25)23-15-17-8-2-3-9-18(17)20-11-5-6-12-21(20)23;21-19-17-11-4-5-12-18(17)22-20(23-19)16-10-6-9-15(13-16)14-7-2-1-3-8-14;19-17-15-11-10-12-6-4-5-9-14(12)16(15)20-18(21-17)13-7-2-1-3-8-13;15-12-6-7-13-11(8-12)9-16-14(17-13)10-4-2-1-3-5-10/h1-15H;1-13H;1-11H;1-9H. The topological polar surface area (TPSA) is 103 Å². The normalized spacial score (nSPS) is 11.1. The first-order chi connectivity index (χ1) is 44.3. The van der Waals surface area contributed by atoms with Gasteiger partial charge < -0.3 is 0 Å². The summed E-state index contributed by atoms with van der Waals surface area (Å²) in [5.74, 6) is 2.72. The van der Waals surface area contributed by atoms with Crippen LogP contribution in [0.1, 0.15) is 0 Å². The Morgan fingerprint density at radius 3 is 1.34 bits per heavy atom. The van der Waals surface area contributed by atoms with E-state index in [0.717, 1.165) is 109 Å². The number of aromatic nitrogens is 8. The van der Waals surface area contributed by atoms with Crippen LogP contribution in [0.5, 0.6) is 0 Å². The minimum Gasteiger partial charge on any atom is -0.236 e. The van der Waals surface area contributed by atoms with Crippen molar-refractivity contribution in [2.45, 2.75) is 0 Å².